The highest BCUT2D eigenvalue weighted by molar-refractivity contribution is 5.72. The maximum atomic E-state index is 10.5. The largest absolute Gasteiger partial charge is 0.480 e. The minimum absolute atomic E-state index is 0.396. The smallest absolute Gasteiger partial charge is 0.320 e. The minimum atomic E-state index is -0.951. The molecule has 1 unspecified atom stereocenters. The number of carbonyl (C=O) groups is 1. The second-order valence-corrected chi connectivity index (χ2v) is 5.53. The van der Waals surface area contributed by atoms with Crippen LogP contribution in [0, 0.1) is 0 Å². The van der Waals surface area contributed by atoms with Crippen molar-refractivity contribution in [1.29, 1.82) is 0 Å². The highest BCUT2D eigenvalue weighted by atomic mass is 16.5. The number of hydrogen-bond acceptors (Lipinski definition) is 3. The lowest BCUT2D eigenvalue weighted by Gasteiger charge is -2.07. The Morgan fingerprint density at radius 3 is 1.95 bits per heavy atom. The van der Waals surface area contributed by atoms with Crippen molar-refractivity contribution in [2.75, 3.05) is 13.2 Å². The first-order valence-corrected chi connectivity index (χ1v) is 8.24. The zero-order valence-electron chi connectivity index (χ0n) is 13.1. The van der Waals surface area contributed by atoms with Crippen LogP contribution in [0.25, 0.3) is 0 Å². The van der Waals surface area contributed by atoms with E-state index in [0.29, 0.717) is 13.0 Å². The van der Waals surface area contributed by atoms with Crippen molar-refractivity contribution in [3.8, 4) is 0 Å². The van der Waals surface area contributed by atoms with E-state index in [2.05, 4.69) is 6.92 Å². The molecule has 0 saturated carbocycles. The first-order chi connectivity index (χ1) is 9.68. The van der Waals surface area contributed by atoms with Gasteiger partial charge in [-0.1, -0.05) is 64.7 Å². The molecule has 0 aliphatic carbocycles. The standard InChI is InChI=1S/C16H33NO3/c1-2-3-4-5-6-7-8-9-10-11-13-20-14-12-15(17)16(18)19/h15H,2-14,17H2,1H3,(H,18,19). The van der Waals surface area contributed by atoms with Crippen molar-refractivity contribution < 1.29 is 14.6 Å². The van der Waals surface area contributed by atoms with Gasteiger partial charge in [0.05, 0.1) is 0 Å². The lowest BCUT2D eigenvalue weighted by atomic mass is 10.1. The van der Waals surface area contributed by atoms with Crippen molar-refractivity contribution in [1.82, 2.24) is 0 Å². The second kappa shape index (κ2) is 14.8. The van der Waals surface area contributed by atoms with Gasteiger partial charge in [-0.05, 0) is 12.8 Å². The molecule has 1 atom stereocenters. The number of carboxylic acid groups (broad SMARTS) is 1. The van der Waals surface area contributed by atoms with E-state index in [9.17, 15) is 4.79 Å². The summed E-state index contributed by atoms with van der Waals surface area (Å²) < 4.78 is 5.38. The Hall–Kier alpha value is -0.610. The number of nitrogens with two attached hydrogens (primary N) is 1. The number of aliphatic carboxylic acids is 1. The van der Waals surface area contributed by atoms with E-state index in [1.165, 1.54) is 57.8 Å². The van der Waals surface area contributed by atoms with Crippen molar-refractivity contribution in [3.63, 3.8) is 0 Å². The molecule has 4 heteroatoms. The van der Waals surface area contributed by atoms with E-state index >= 15 is 0 Å². The van der Waals surface area contributed by atoms with E-state index < -0.39 is 12.0 Å². The number of ether oxygens (including phenoxy) is 1. The highest BCUT2D eigenvalue weighted by Crippen LogP contribution is 2.10. The monoisotopic (exact) mass is 287 g/mol. The molecule has 0 rings (SSSR count). The molecule has 4 nitrogen and oxygen atoms in total. The molecule has 20 heavy (non-hydrogen) atoms. The first kappa shape index (κ1) is 19.4. The number of hydrogen-bond donors (Lipinski definition) is 2. The average molecular weight is 287 g/mol. The Kier molecular flexibility index (Phi) is 14.3. The maximum absolute atomic E-state index is 10.5. The van der Waals surface area contributed by atoms with Crippen LogP contribution in [-0.4, -0.2) is 30.3 Å². The van der Waals surface area contributed by atoms with Gasteiger partial charge < -0.3 is 15.6 Å². The van der Waals surface area contributed by atoms with Crippen LogP contribution in [0.1, 0.15) is 77.6 Å². The third-order valence-electron chi connectivity index (χ3n) is 3.53. The molecule has 0 spiro atoms. The van der Waals surface area contributed by atoms with Crippen molar-refractivity contribution in [2.24, 2.45) is 5.73 Å². The van der Waals surface area contributed by atoms with Crippen molar-refractivity contribution >= 4 is 5.97 Å². The third-order valence-corrected chi connectivity index (χ3v) is 3.53. The summed E-state index contributed by atoms with van der Waals surface area (Å²) in [5.74, 6) is -0.951. The summed E-state index contributed by atoms with van der Waals surface area (Å²) in [5.41, 5.74) is 5.38. The van der Waals surface area contributed by atoms with Gasteiger partial charge in [0, 0.05) is 13.2 Å². The van der Waals surface area contributed by atoms with Crippen LogP contribution in [0.4, 0.5) is 0 Å². The highest BCUT2D eigenvalue weighted by Gasteiger charge is 2.09. The van der Waals surface area contributed by atoms with Crippen LogP contribution in [0.3, 0.4) is 0 Å². The fraction of sp³-hybridized carbons (Fsp3) is 0.938. The maximum Gasteiger partial charge on any atom is 0.320 e. The van der Waals surface area contributed by atoms with Gasteiger partial charge >= 0.3 is 5.97 Å². The van der Waals surface area contributed by atoms with Crippen LogP contribution in [0.5, 0.6) is 0 Å². The van der Waals surface area contributed by atoms with Gasteiger partial charge in [-0.25, -0.2) is 0 Å². The van der Waals surface area contributed by atoms with Crippen LogP contribution in [0.15, 0.2) is 0 Å². The van der Waals surface area contributed by atoms with Crippen LogP contribution >= 0.6 is 0 Å². The molecule has 0 saturated heterocycles. The normalized spacial score (nSPS) is 12.5. The Morgan fingerprint density at radius 1 is 0.950 bits per heavy atom. The number of carboxylic acids is 1. The van der Waals surface area contributed by atoms with E-state index in [4.69, 9.17) is 15.6 Å². The van der Waals surface area contributed by atoms with E-state index in [1.807, 2.05) is 0 Å². The molecule has 0 aliphatic rings. The van der Waals surface area contributed by atoms with Crippen molar-refractivity contribution in [3.05, 3.63) is 0 Å². The van der Waals surface area contributed by atoms with Gasteiger partial charge in [0.1, 0.15) is 6.04 Å². The van der Waals surface area contributed by atoms with E-state index in [-0.39, 0.29) is 0 Å². The Labute approximate surface area is 124 Å². The first-order valence-electron chi connectivity index (χ1n) is 8.24. The molecule has 0 aromatic rings. The second-order valence-electron chi connectivity index (χ2n) is 5.53. The predicted octanol–water partition coefficient (Wildman–Crippen LogP) is 3.73. The Bertz CT molecular complexity index is 222. The molecule has 120 valence electrons. The van der Waals surface area contributed by atoms with E-state index in [0.717, 1.165) is 13.0 Å². The van der Waals surface area contributed by atoms with Gasteiger partial charge in [0.25, 0.3) is 0 Å². The summed E-state index contributed by atoms with van der Waals surface area (Å²) in [6.07, 6.45) is 13.5. The lowest BCUT2D eigenvalue weighted by Crippen LogP contribution is -2.31. The number of unbranched alkanes of at least 4 members (excludes halogenated alkanes) is 9. The molecule has 0 aliphatic heterocycles. The van der Waals surface area contributed by atoms with Gasteiger partial charge in [-0.15, -0.1) is 0 Å². The Morgan fingerprint density at radius 2 is 1.45 bits per heavy atom. The molecule has 3 N–H and O–H groups in total. The van der Waals surface area contributed by atoms with Gasteiger partial charge in [-0.3, -0.25) is 4.79 Å². The van der Waals surface area contributed by atoms with Gasteiger partial charge in [-0.2, -0.15) is 0 Å². The predicted molar refractivity (Wildman–Crippen MR) is 82.9 cm³/mol. The lowest BCUT2D eigenvalue weighted by molar-refractivity contribution is -0.139. The minimum Gasteiger partial charge on any atom is -0.480 e. The van der Waals surface area contributed by atoms with Gasteiger partial charge in [0.15, 0.2) is 0 Å². The molecule has 0 aromatic carbocycles. The third kappa shape index (κ3) is 13.8. The average Bonchev–Trinajstić information content (AvgIpc) is 2.43. The summed E-state index contributed by atoms with van der Waals surface area (Å²) in [6.45, 7) is 3.42. The molecule has 0 bridgehead atoms. The molecule has 0 amide bonds. The molecule has 0 fully saturated rings. The number of rotatable bonds is 15. The SMILES string of the molecule is CCCCCCCCCCCCOCCC(N)C(=O)O. The molecule has 0 radical (unpaired) electrons. The fourth-order valence-electron chi connectivity index (χ4n) is 2.13. The fourth-order valence-corrected chi connectivity index (χ4v) is 2.13. The van der Waals surface area contributed by atoms with E-state index in [1.54, 1.807) is 0 Å². The summed E-state index contributed by atoms with van der Waals surface area (Å²) in [4.78, 5) is 10.5. The Balaban J connectivity index is 3.04. The van der Waals surface area contributed by atoms with Crippen LogP contribution < -0.4 is 5.73 Å². The molecule has 0 heterocycles. The van der Waals surface area contributed by atoms with Crippen LogP contribution in [0.2, 0.25) is 0 Å². The van der Waals surface area contributed by atoms with Gasteiger partial charge in [0.2, 0.25) is 0 Å². The summed E-state index contributed by atoms with van der Waals surface area (Å²) in [5, 5.41) is 8.59. The summed E-state index contributed by atoms with van der Waals surface area (Å²) in [6, 6.07) is -0.789. The van der Waals surface area contributed by atoms with Crippen molar-refractivity contribution in [2.45, 2.75) is 83.6 Å². The molecule has 0 aromatic heterocycles. The molecular weight excluding hydrogens is 254 g/mol. The zero-order chi connectivity index (χ0) is 15.1. The van der Waals surface area contributed by atoms with Crippen LogP contribution in [-0.2, 0) is 9.53 Å². The topological polar surface area (TPSA) is 72.5 Å². The summed E-state index contributed by atoms with van der Waals surface area (Å²) in [7, 11) is 0. The summed E-state index contributed by atoms with van der Waals surface area (Å²) >= 11 is 0. The quantitative estimate of drug-likeness (QED) is 0.450. The zero-order valence-corrected chi connectivity index (χ0v) is 13.1. The molecular formula is C16H33NO3.